The standard InChI is InChI=1S/C17H19FN4O3/c1-25-15-3-2-13(18)8-12(15)11-21-4-6-22(7-5-21)16-10-19-14(9-20-16)17(23)24/h2-3,8-10H,4-7,11H2,1H3,(H,23,24). The second-order valence-electron chi connectivity index (χ2n) is 5.78. The van der Waals surface area contributed by atoms with E-state index < -0.39 is 5.97 Å². The van der Waals surface area contributed by atoms with Crippen LogP contribution in [0.5, 0.6) is 5.75 Å². The van der Waals surface area contributed by atoms with Gasteiger partial charge < -0.3 is 14.7 Å². The third kappa shape index (κ3) is 4.03. The zero-order chi connectivity index (χ0) is 17.8. The number of piperazine rings is 1. The molecular weight excluding hydrogens is 327 g/mol. The van der Waals surface area contributed by atoms with Crippen LogP contribution in [0, 0.1) is 5.82 Å². The van der Waals surface area contributed by atoms with Crippen molar-refractivity contribution in [1.29, 1.82) is 0 Å². The van der Waals surface area contributed by atoms with Gasteiger partial charge in [-0.15, -0.1) is 0 Å². The van der Waals surface area contributed by atoms with E-state index in [4.69, 9.17) is 9.84 Å². The summed E-state index contributed by atoms with van der Waals surface area (Å²) < 4.78 is 18.8. The number of anilines is 1. The average molecular weight is 346 g/mol. The summed E-state index contributed by atoms with van der Waals surface area (Å²) in [5.74, 6) is -0.0249. The fraction of sp³-hybridized carbons (Fsp3) is 0.353. The molecule has 1 aliphatic rings. The fourth-order valence-corrected chi connectivity index (χ4v) is 2.84. The lowest BCUT2D eigenvalue weighted by Gasteiger charge is -2.35. The van der Waals surface area contributed by atoms with Gasteiger partial charge in [-0.3, -0.25) is 4.90 Å². The molecule has 132 valence electrons. The van der Waals surface area contributed by atoms with E-state index >= 15 is 0 Å². The Labute approximate surface area is 144 Å². The number of methoxy groups -OCH3 is 1. The Kier molecular flexibility index (Phi) is 5.08. The van der Waals surface area contributed by atoms with Crippen LogP contribution in [0.2, 0.25) is 0 Å². The number of carboxylic acids is 1. The van der Waals surface area contributed by atoms with Crippen molar-refractivity contribution in [3.05, 3.63) is 47.7 Å². The number of aromatic carboxylic acids is 1. The van der Waals surface area contributed by atoms with Crippen molar-refractivity contribution in [2.75, 3.05) is 38.2 Å². The number of nitrogens with zero attached hydrogens (tertiary/aromatic N) is 4. The summed E-state index contributed by atoms with van der Waals surface area (Å²) in [7, 11) is 1.58. The molecule has 1 aliphatic heterocycles. The van der Waals surface area contributed by atoms with Gasteiger partial charge in [-0.05, 0) is 18.2 Å². The molecule has 0 bridgehead atoms. The first-order chi connectivity index (χ1) is 12.1. The van der Waals surface area contributed by atoms with E-state index in [-0.39, 0.29) is 11.5 Å². The number of hydrogen-bond acceptors (Lipinski definition) is 6. The molecule has 1 aromatic heterocycles. The Balaban J connectivity index is 1.60. The summed E-state index contributed by atoms with van der Waals surface area (Å²) in [5.41, 5.74) is 0.752. The molecule has 0 unspecified atom stereocenters. The normalized spacial score (nSPS) is 15.2. The van der Waals surface area contributed by atoms with E-state index in [9.17, 15) is 9.18 Å². The van der Waals surface area contributed by atoms with Crippen LogP contribution < -0.4 is 9.64 Å². The summed E-state index contributed by atoms with van der Waals surface area (Å²) in [6.45, 7) is 3.64. The third-order valence-corrected chi connectivity index (χ3v) is 4.19. The number of benzene rings is 1. The lowest BCUT2D eigenvalue weighted by Crippen LogP contribution is -2.46. The molecule has 1 N–H and O–H groups in total. The highest BCUT2D eigenvalue weighted by molar-refractivity contribution is 5.84. The molecule has 0 saturated carbocycles. The van der Waals surface area contributed by atoms with Crippen LogP contribution >= 0.6 is 0 Å². The van der Waals surface area contributed by atoms with E-state index in [2.05, 4.69) is 19.8 Å². The van der Waals surface area contributed by atoms with Gasteiger partial charge in [0.15, 0.2) is 5.69 Å². The van der Waals surface area contributed by atoms with Crippen molar-refractivity contribution in [3.8, 4) is 5.75 Å². The number of carbonyl (C=O) groups is 1. The highest BCUT2D eigenvalue weighted by Crippen LogP contribution is 2.22. The Bertz CT molecular complexity index is 746. The molecule has 0 amide bonds. The molecule has 2 aromatic rings. The zero-order valence-corrected chi connectivity index (χ0v) is 13.9. The van der Waals surface area contributed by atoms with E-state index in [0.717, 1.165) is 31.7 Å². The van der Waals surface area contributed by atoms with Crippen molar-refractivity contribution in [3.63, 3.8) is 0 Å². The number of rotatable bonds is 5. The van der Waals surface area contributed by atoms with Crippen LogP contribution in [0.1, 0.15) is 16.1 Å². The van der Waals surface area contributed by atoms with Gasteiger partial charge in [0, 0.05) is 38.3 Å². The lowest BCUT2D eigenvalue weighted by molar-refractivity contribution is 0.0690. The molecule has 1 fully saturated rings. The Morgan fingerprint density at radius 1 is 1.24 bits per heavy atom. The molecule has 25 heavy (non-hydrogen) atoms. The number of halogens is 1. The second kappa shape index (κ2) is 7.43. The Morgan fingerprint density at radius 3 is 2.60 bits per heavy atom. The van der Waals surface area contributed by atoms with Crippen LogP contribution in [-0.2, 0) is 6.54 Å². The van der Waals surface area contributed by atoms with Gasteiger partial charge in [-0.1, -0.05) is 0 Å². The number of carboxylic acid groups (broad SMARTS) is 1. The first-order valence-electron chi connectivity index (χ1n) is 7.92. The van der Waals surface area contributed by atoms with E-state index in [1.165, 1.54) is 24.5 Å². The quantitative estimate of drug-likeness (QED) is 0.882. The van der Waals surface area contributed by atoms with Crippen molar-refractivity contribution in [1.82, 2.24) is 14.9 Å². The minimum Gasteiger partial charge on any atom is -0.496 e. The maximum absolute atomic E-state index is 13.5. The average Bonchev–Trinajstić information content (AvgIpc) is 2.63. The minimum absolute atomic E-state index is 0.0689. The van der Waals surface area contributed by atoms with Crippen LogP contribution in [0.15, 0.2) is 30.6 Å². The number of ether oxygens (including phenoxy) is 1. The van der Waals surface area contributed by atoms with Crippen molar-refractivity contribution in [2.45, 2.75) is 6.54 Å². The van der Waals surface area contributed by atoms with E-state index in [1.54, 1.807) is 13.2 Å². The highest BCUT2D eigenvalue weighted by atomic mass is 19.1. The molecule has 0 aliphatic carbocycles. The van der Waals surface area contributed by atoms with Crippen LogP contribution in [-0.4, -0.2) is 59.2 Å². The van der Waals surface area contributed by atoms with Crippen molar-refractivity contribution < 1.29 is 19.0 Å². The molecule has 3 rings (SSSR count). The Hall–Kier alpha value is -2.74. The summed E-state index contributed by atoms with van der Waals surface area (Å²) >= 11 is 0. The predicted molar refractivity (Wildman–Crippen MR) is 89.4 cm³/mol. The minimum atomic E-state index is -1.09. The van der Waals surface area contributed by atoms with Gasteiger partial charge >= 0.3 is 5.97 Å². The monoisotopic (exact) mass is 346 g/mol. The second-order valence-corrected chi connectivity index (χ2v) is 5.78. The fourth-order valence-electron chi connectivity index (χ4n) is 2.84. The molecule has 8 heteroatoms. The highest BCUT2D eigenvalue weighted by Gasteiger charge is 2.20. The first kappa shape index (κ1) is 17.1. The molecule has 0 atom stereocenters. The smallest absolute Gasteiger partial charge is 0.356 e. The molecule has 1 aromatic carbocycles. The van der Waals surface area contributed by atoms with E-state index in [1.807, 2.05) is 0 Å². The topological polar surface area (TPSA) is 78.8 Å². The van der Waals surface area contributed by atoms with Crippen molar-refractivity contribution in [2.24, 2.45) is 0 Å². The van der Waals surface area contributed by atoms with Gasteiger partial charge in [-0.2, -0.15) is 0 Å². The van der Waals surface area contributed by atoms with Gasteiger partial charge in [-0.25, -0.2) is 19.2 Å². The maximum atomic E-state index is 13.5. The molecule has 2 heterocycles. The summed E-state index contributed by atoms with van der Waals surface area (Å²) in [5, 5.41) is 8.86. The summed E-state index contributed by atoms with van der Waals surface area (Å²) in [6, 6.07) is 4.53. The summed E-state index contributed by atoms with van der Waals surface area (Å²) in [6.07, 6.45) is 2.75. The molecule has 1 saturated heterocycles. The van der Waals surface area contributed by atoms with Crippen LogP contribution in [0.25, 0.3) is 0 Å². The van der Waals surface area contributed by atoms with E-state index in [0.29, 0.717) is 18.1 Å². The van der Waals surface area contributed by atoms with Gasteiger partial charge in [0.1, 0.15) is 17.4 Å². The summed E-state index contributed by atoms with van der Waals surface area (Å²) in [4.78, 5) is 23.2. The lowest BCUT2D eigenvalue weighted by atomic mass is 10.1. The van der Waals surface area contributed by atoms with Gasteiger partial charge in [0.25, 0.3) is 0 Å². The predicted octanol–water partition coefficient (Wildman–Crippen LogP) is 1.64. The number of aromatic nitrogens is 2. The first-order valence-corrected chi connectivity index (χ1v) is 7.92. The van der Waals surface area contributed by atoms with Gasteiger partial charge in [0.05, 0.1) is 19.5 Å². The SMILES string of the molecule is COc1ccc(F)cc1CN1CCN(c2cnc(C(=O)O)cn2)CC1. The maximum Gasteiger partial charge on any atom is 0.356 e. The largest absolute Gasteiger partial charge is 0.496 e. The molecule has 0 spiro atoms. The molecule has 7 nitrogen and oxygen atoms in total. The molecule has 0 radical (unpaired) electrons. The molecular formula is C17H19FN4O3. The Morgan fingerprint density at radius 2 is 2.00 bits per heavy atom. The van der Waals surface area contributed by atoms with Crippen molar-refractivity contribution >= 4 is 11.8 Å². The third-order valence-electron chi connectivity index (χ3n) is 4.19. The zero-order valence-electron chi connectivity index (χ0n) is 13.9. The van der Waals surface area contributed by atoms with Crippen LogP contribution in [0.4, 0.5) is 10.2 Å². The van der Waals surface area contributed by atoms with Crippen LogP contribution in [0.3, 0.4) is 0 Å². The van der Waals surface area contributed by atoms with Gasteiger partial charge in [0.2, 0.25) is 0 Å². The number of hydrogen-bond donors (Lipinski definition) is 1.